The van der Waals surface area contributed by atoms with Gasteiger partial charge in [0, 0.05) is 43.9 Å². The Hall–Kier alpha value is -1.53. The minimum atomic E-state index is 0.0618. The van der Waals surface area contributed by atoms with Gasteiger partial charge in [-0.05, 0) is 72.8 Å². The second-order valence-corrected chi connectivity index (χ2v) is 11.8. The fraction of sp³-hybridized carbons (Fsp3) is 0.667. The molecule has 1 saturated heterocycles. The number of aromatic nitrogens is 2. The average molecular weight is 423 g/mol. The lowest BCUT2D eigenvalue weighted by Crippen LogP contribution is -2.69. The zero-order chi connectivity index (χ0) is 19.9. The van der Waals surface area contributed by atoms with Crippen LogP contribution in [0.15, 0.2) is 24.4 Å². The zero-order valence-corrected chi connectivity index (χ0v) is 18.3. The highest BCUT2D eigenvalue weighted by Crippen LogP contribution is 2.86. The predicted molar refractivity (Wildman–Crippen MR) is 119 cm³/mol. The third-order valence-corrected chi connectivity index (χ3v) is 10.4. The van der Waals surface area contributed by atoms with Gasteiger partial charge in [0.15, 0.2) is 0 Å². The molecular weight excluding hydrogens is 392 g/mol. The quantitative estimate of drug-likeness (QED) is 0.802. The molecule has 1 spiro atoms. The summed E-state index contributed by atoms with van der Waals surface area (Å²) in [5.41, 5.74) is 3.69. The Labute approximate surface area is 182 Å². The van der Waals surface area contributed by atoms with Crippen LogP contribution in [-0.4, -0.2) is 51.3 Å². The van der Waals surface area contributed by atoms with Gasteiger partial charge in [-0.15, -0.1) is 0 Å². The lowest BCUT2D eigenvalue weighted by atomic mass is 9.32. The van der Waals surface area contributed by atoms with Crippen molar-refractivity contribution >= 4 is 23.3 Å². The van der Waals surface area contributed by atoms with E-state index in [0.29, 0.717) is 10.8 Å². The highest BCUT2D eigenvalue weighted by atomic mass is 32.2. The van der Waals surface area contributed by atoms with E-state index in [-0.39, 0.29) is 5.91 Å². The van der Waals surface area contributed by atoms with Crippen molar-refractivity contribution in [2.75, 3.05) is 31.1 Å². The summed E-state index contributed by atoms with van der Waals surface area (Å²) in [6, 6.07) is 5.92. The smallest absolute Gasteiger partial charge is 0.268 e. The van der Waals surface area contributed by atoms with Gasteiger partial charge >= 0.3 is 0 Å². The summed E-state index contributed by atoms with van der Waals surface area (Å²) in [4.78, 5) is 20.5. The maximum absolute atomic E-state index is 13.2. The highest BCUT2D eigenvalue weighted by Gasteiger charge is 2.80. The van der Waals surface area contributed by atoms with Crippen molar-refractivity contribution in [2.45, 2.75) is 38.6 Å². The molecule has 3 heterocycles. The van der Waals surface area contributed by atoms with Gasteiger partial charge in [0.25, 0.3) is 5.91 Å². The Morgan fingerprint density at radius 1 is 1.17 bits per heavy atom. The summed E-state index contributed by atoms with van der Waals surface area (Å²) in [6.07, 6.45) is 9.18. The molecule has 5 aliphatic rings. The SMILES string of the molecule is O=C(NCC12CC3CC4CC(C1)C42C3)c1cccc2nc(CN3CCSCC3)cn12. The molecule has 1 N–H and O–H groups in total. The number of fused-ring (bicyclic) bond motifs is 2. The van der Waals surface area contributed by atoms with Crippen molar-refractivity contribution in [2.24, 2.45) is 28.6 Å². The summed E-state index contributed by atoms with van der Waals surface area (Å²) in [5, 5.41) is 3.37. The first-order chi connectivity index (χ1) is 14.7. The number of imidazole rings is 1. The van der Waals surface area contributed by atoms with Crippen molar-refractivity contribution in [3.05, 3.63) is 35.8 Å². The lowest BCUT2D eigenvalue weighted by molar-refractivity contribution is -0.240. The van der Waals surface area contributed by atoms with Crippen molar-refractivity contribution in [3.8, 4) is 0 Å². The van der Waals surface area contributed by atoms with Crippen LogP contribution in [0.4, 0.5) is 0 Å². The molecule has 30 heavy (non-hydrogen) atoms. The molecule has 2 bridgehead atoms. The average Bonchev–Trinajstić information content (AvgIpc) is 3.38. The largest absolute Gasteiger partial charge is 0.350 e. The Morgan fingerprint density at radius 2 is 2.07 bits per heavy atom. The third-order valence-electron chi connectivity index (χ3n) is 9.43. The van der Waals surface area contributed by atoms with E-state index < -0.39 is 0 Å². The number of nitrogens with zero attached hydrogens (tertiary/aromatic N) is 3. The normalized spacial score (nSPS) is 38.9. The number of thioether (sulfide) groups is 1. The van der Waals surface area contributed by atoms with Gasteiger partial charge in [0.05, 0.1) is 5.69 Å². The minimum absolute atomic E-state index is 0.0618. The van der Waals surface area contributed by atoms with Crippen LogP contribution in [0.3, 0.4) is 0 Å². The first-order valence-corrected chi connectivity index (χ1v) is 12.9. The van der Waals surface area contributed by atoms with Crippen LogP contribution in [0.2, 0.25) is 0 Å². The molecule has 0 aromatic carbocycles. The Balaban J connectivity index is 1.09. The van der Waals surface area contributed by atoms with Crippen LogP contribution in [0.25, 0.3) is 5.65 Å². The second-order valence-electron chi connectivity index (χ2n) is 10.6. The fourth-order valence-electron chi connectivity index (χ4n) is 8.36. The van der Waals surface area contributed by atoms with Gasteiger partial charge in [-0.25, -0.2) is 4.98 Å². The van der Waals surface area contributed by atoms with Crippen LogP contribution in [0, 0.1) is 28.6 Å². The number of hydrogen-bond donors (Lipinski definition) is 1. The second kappa shape index (κ2) is 6.26. The number of carbonyl (C=O) groups excluding carboxylic acids is 1. The van der Waals surface area contributed by atoms with E-state index in [1.165, 1.54) is 43.6 Å². The highest BCUT2D eigenvalue weighted by molar-refractivity contribution is 7.99. The van der Waals surface area contributed by atoms with Gasteiger partial charge in [-0.3, -0.25) is 14.1 Å². The molecule has 5 fully saturated rings. The number of nitrogens with one attached hydrogen (secondary N) is 1. The molecule has 6 heteroatoms. The molecule has 2 aromatic heterocycles. The van der Waals surface area contributed by atoms with E-state index in [0.717, 1.165) is 61.0 Å². The van der Waals surface area contributed by atoms with Gasteiger partial charge in [-0.1, -0.05) is 6.07 Å². The summed E-state index contributed by atoms with van der Waals surface area (Å²) in [7, 11) is 0. The first kappa shape index (κ1) is 18.1. The Morgan fingerprint density at radius 3 is 2.90 bits per heavy atom. The summed E-state index contributed by atoms with van der Waals surface area (Å²) in [6.45, 7) is 4.00. The van der Waals surface area contributed by atoms with E-state index in [1.807, 2.05) is 34.4 Å². The molecule has 158 valence electrons. The molecule has 7 rings (SSSR count). The van der Waals surface area contributed by atoms with Crippen molar-refractivity contribution < 1.29 is 4.79 Å². The van der Waals surface area contributed by atoms with E-state index in [9.17, 15) is 4.79 Å². The van der Waals surface area contributed by atoms with E-state index >= 15 is 0 Å². The monoisotopic (exact) mass is 422 g/mol. The van der Waals surface area contributed by atoms with Crippen LogP contribution >= 0.6 is 11.8 Å². The summed E-state index contributed by atoms with van der Waals surface area (Å²) in [5.74, 6) is 5.35. The van der Waals surface area contributed by atoms with Crippen molar-refractivity contribution in [1.29, 1.82) is 0 Å². The minimum Gasteiger partial charge on any atom is -0.350 e. The van der Waals surface area contributed by atoms with Gasteiger partial charge < -0.3 is 5.32 Å². The Bertz CT molecular complexity index is 1030. The molecule has 1 aliphatic heterocycles. The van der Waals surface area contributed by atoms with Crippen LogP contribution in [0.1, 0.15) is 48.3 Å². The van der Waals surface area contributed by atoms with Gasteiger partial charge in [0.2, 0.25) is 0 Å². The van der Waals surface area contributed by atoms with E-state index in [1.54, 1.807) is 0 Å². The van der Waals surface area contributed by atoms with Gasteiger partial charge in [0.1, 0.15) is 11.3 Å². The molecule has 5 unspecified atom stereocenters. The number of pyridine rings is 1. The zero-order valence-electron chi connectivity index (χ0n) is 17.5. The number of amides is 1. The summed E-state index contributed by atoms with van der Waals surface area (Å²) < 4.78 is 2.00. The van der Waals surface area contributed by atoms with Crippen molar-refractivity contribution in [3.63, 3.8) is 0 Å². The number of carbonyl (C=O) groups is 1. The first-order valence-electron chi connectivity index (χ1n) is 11.7. The molecular formula is C24H30N4OS. The molecule has 2 aromatic rings. The molecule has 5 atom stereocenters. The Kier molecular flexibility index (Phi) is 3.77. The maximum Gasteiger partial charge on any atom is 0.268 e. The van der Waals surface area contributed by atoms with Crippen molar-refractivity contribution in [1.82, 2.24) is 19.6 Å². The molecule has 4 saturated carbocycles. The molecule has 5 nitrogen and oxygen atoms in total. The van der Waals surface area contributed by atoms with Crippen LogP contribution in [-0.2, 0) is 6.54 Å². The molecule has 4 aliphatic carbocycles. The van der Waals surface area contributed by atoms with Crippen LogP contribution < -0.4 is 5.32 Å². The number of hydrogen-bond acceptors (Lipinski definition) is 4. The van der Waals surface area contributed by atoms with E-state index in [2.05, 4.69) is 16.4 Å². The fourth-order valence-corrected chi connectivity index (χ4v) is 9.34. The summed E-state index contributed by atoms with van der Waals surface area (Å²) >= 11 is 2.03. The molecule has 1 amide bonds. The van der Waals surface area contributed by atoms with Gasteiger partial charge in [-0.2, -0.15) is 11.8 Å². The third kappa shape index (κ3) is 2.30. The predicted octanol–water partition coefficient (Wildman–Crippen LogP) is 3.44. The standard InChI is InChI=1S/C24H30N4OS/c29-22(25-15-23-10-16-8-17-9-18(12-23)24(17,23)11-16)20-2-1-3-21-26-19(14-28(20)21)13-27-4-6-30-7-5-27/h1-3,14,16-18H,4-13,15H2,(H,25,29). The lowest BCUT2D eigenvalue weighted by Gasteiger charge is -2.73. The van der Waals surface area contributed by atoms with Crippen LogP contribution in [0.5, 0.6) is 0 Å². The molecule has 0 radical (unpaired) electrons. The maximum atomic E-state index is 13.2. The number of rotatable bonds is 5. The topological polar surface area (TPSA) is 49.6 Å². The van der Waals surface area contributed by atoms with E-state index in [4.69, 9.17) is 4.98 Å².